The Kier molecular flexibility index (Phi) is 6.91. The van der Waals surface area contributed by atoms with Crippen molar-refractivity contribution in [3.8, 4) is 11.5 Å². The molecule has 0 saturated carbocycles. The Hall–Kier alpha value is -2.91. The van der Waals surface area contributed by atoms with Crippen LogP contribution in [0.25, 0.3) is 6.08 Å². The molecule has 0 atom stereocenters. The molecule has 0 radical (unpaired) electrons. The van der Waals surface area contributed by atoms with Crippen molar-refractivity contribution in [2.75, 3.05) is 20.3 Å². The van der Waals surface area contributed by atoms with Crippen molar-refractivity contribution in [2.24, 2.45) is 5.14 Å². The fourth-order valence-electron chi connectivity index (χ4n) is 2.03. The molecule has 9 heteroatoms. The molecule has 27 heavy (non-hydrogen) atoms. The number of primary sulfonamides is 1. The van der Waals surface area contributed by atoms with E-state index >= 15 is 0 Å². The van der Waals surface area contributed by atoms with Gasteiger partial charge in [0.1, 0.15) is 19.0 Å². The summed E-state index contributed by atoms with van der Waals surface area (Å²) in [7, 11) is -2.39. The number of carbonyl (C=O) groups is 1. The lowest BCUT2D eigenvalue weighted by Crippen LogP contribution is -2.12. The van der Waals surface area contributed by atoms with Crippen molar-refractivity contribution >= 4 is 22.1 Å². The van der Waals surface area contributed by atoms with E-state index in [1.807, 2.05) is 0 Å². The van der Waals surface area contributed by atoms with Crippen LogP contribution in [-0.4, -0.2) is 34.7 Å². The molecular formula is C18H18FNO6S. The van der Waals surface area contributed by atoms with Gasteiger partial charge in [-0.05, 0) is 48.0 Å². The number of hydrogen-bond donors (Lipinski definition) is 1. The van der Waals surface area contributed by atoms with E-state index in [-0.39, 0.29) is 23.9 Å². The lowest BCUT2D eigenvalue weighted by atomic mass is 10.2. The van der Waals surface area contributed by atoms with Crippen LogP contribution >= 0.6 is 0 Å². The van der Waals surface area contributed by atoms with E-state index in [9.17, 15) is 17.6 Å². The van der Waals surface area contributed by atoms with Crippen molar-refractivity contribution in [3.63, 3.8) is 0 Å². The van der Waals surface area contributed by atoms with E-state index in [2.05, 4.69) is 0 Å². The molecule has 0 heterocycles. The van der Waals surface area contributed by atoms with Crippen LogP contribution in [-0.2, 0) is 19.6 Å². The van der Waals surface area contributed by atoms with Gasteiger partial charge in [-0.15, -0.1) is 0 Å². The van der Waals surface area contributed by atoms with Gasteiger partial charge >= 0.3 is 5.97 Å². The molecular weight excluding hydrogens is 377 g/mol. The van der Waals surface area contributed by atoms with E-state index in [4.69, 9.17) is 19.3 Å². The molecule has 0 aliphatic rings. The Labute approximate surface area is 156 Å². The molecule has 0 aromatic heterocycles. The highest BCUT2D eigenvalue weighted by molar-refractivity contribution is 7.89. The summed E-state index contributed by atoms with van der Waals surface area (Å²) in [6.07, 6.45) is 2.58. The minimum Gasteiger partial charge on any atom is -0.494 e. The number of ether oxygens (including phenoxy) is 3. The van der Waals surface area contributed by atoms with Crippen molar-refractivity contribution in [1.82, 2.24) is 0 Å². The first-order valence-corrected chi connectivity index (χ1v) is 9.28. The minimum atomic E-state index is -3.75. The highest BCUT2D eigenvalue weighted by atomic mass is 32.2. The van der Waals surface area contributed by atoms with Crippen LogP contribution in [0.3, 0.4) is 0 Å². The first kappa shape index (κ1) is 20.4. The van der Waals surface area contributed by atoms with E-state index in [1.54, 1.807) is 6.07 Å². The van der Waals surface area contributed by atoms with Gasteiger partial charge < -0.3 is 14.2 Å². The predicted octanol–water partition coefficient (Wildman–Crippen LogP) is 2.12. The molecule has 0 fully saturated rings. The predicted molar refractivity (Wildman–Crippen MR) is 96.3 cm³/mol. The quantitative estimate of drug-likeness (QED) is 0.417. The normalized spacial score (nSPS) is 11.4. The third kappa shape index (κ3) is 6.39. The van der Waals surface area contributed by atoms with Gasteiger partial charge in [-0.1, -0.05) is 6.07 Å². The van der Waals surface area contributed by atoms with Gasteiger partial charge in [0.15, 0.2) is 11.6 Å². The molecule has 2 rings (SSSR count). The summed E-state index contributed by atoms with van der Waals surface area (Å²) >= 11 is 0. The zero-order chi connectivity index (χ0) is 19.9. The van der Waals surface area contributed by atoms with Gasteiger partial charge in [0.05, 0.1) is 12.0 Å². The maximum absolute atomic E-state index is 13.5. The molecule has 2 aromatic rings. The molecule has 2 aromatic carbocycles. The maximum atomic E-state index is 13.5. The van der Waals surface area contributed by atoms with Gasteiger partial charge in [-0.25, -0.2) is 22.7 Å². The number of rotatable bonds is 8. The third-order valence-electron chi connectivity index (χ3n) is 3.34. The van der Waals surface area contributed by atoms with Gasteiger partial charge in [0.2, 0.25) is 10.0 Å². The van der Waals surface area contributed by atoms with Crippen molar-refractivity contribution < 1.29 is 31.8 Å². The number of methoxy groups -OCH3 is 1. The van der Waals surface area contributed by atoms with E-state index in [0.29, 0.717) is 11.3 Å². The first-order valence-electron chi connectivity index (χ1n) is 7.73. The topological polar surface area (TPSA) is 105 Å². The number of nitrogens with two attached hydrogens (primary N) is 1. The molecule has 0 amide bonds. The van der Waals surface area contributed by atoms with Gasteiger partial charge in [0, 0.05) is 6.08 Å². The van der Waals surface area contributed by atoms with Crippen LogP contribution < -0.4 is 14.6 Å². The largest absolute Gasteiger partial charge is 0.494 e. The van der Waals surface area contributed by atoms with Gasteiger partial charge in [0.25, 0.3) is 0 Å². The number of carbonyl (C=O) groups excluding carboxylic acids is 1. The molecule has 0 unspecified atom stereocenters. The second-order valence-corrected chi connectivity index (χ2v) is 6.82. The van der Waals surface area contributed by atoms with E-state index in [1.165, 1.54) is 55.7 Å². The summed E-state index contributed by atoms with van der Waals surface area (Å²) < 4.78 is 50.9. The monoisotopic (exact) mass is 395 g/mol. The molecule has 0 saturated heterocycles. The minimum absolute atomic E-state index is 0.0168. The fraction of sp³-hybridized carbons (Fsp3) is 0.167. The molecule has 7 nitrogen and oxygen atoms in total. The zero-order valence-corrected chi connectivity index (χ0v) is 15.2. The van der Waals surface area contributed by atoms with Crippen molar-refractivity contribution in [1.29, 1.82) is 0 Å². The zero-order valence-electron chi connectivity index (χ0n) is 14.4. The number of benzene rings is 2. The average molecular weight is 395 g/mol. The summed E-state index contributed by atoms with van der Waals surface area (Å²) in [5.41, 5.74) is 0.483. The van der Waals surface area contributed by atoms with Gasteiger partial charge in [-0.2, -0.15) is 0 Å². The standard InChI is InChI=1S/C18H18FNO6S/c1-24-17-8-2-13(12-16(17)19)3-9-18(21)26-11-10-25-14-4-6-15(7-5-14)27(20,22)23/h2-9,12H,10-11H2,1H3,(H2,20,22,23)/b9-3+. The van der Waals surface area contributed by atoms with Crippen LogP contribution in [0.15, 0.2) is 53.4 Å². The Morgan fingerprint density at radius 1 is 1.15 bits per heavy atom. The van der Waals surface area contributed by atoms with Crippen LogP contribution in [0.5, 0.6) is 11.5 Å². The number of hydrogen-bond acceptors (Lipinski definition) is 6. The van der Waals surface area contributed by atoms with Gasteiger partial charge in [-0.3, -0.25) is 0 Å². The Morgan fingerprint density at radius 3 is 2.44 bits per heavy atom. The Balaban J connectivity index is 1.77. The van der Waals surface area contributed by atoms with Crippen molar-refractivity contribution in [2.45, 2.75) is 4.90 Å². The average Bonchev–Trinajstić information content (AvgIpc) is 2.63. The summed E-state index contributed by atoms with van der Waals surface area (Å²) in [4.78, 5) is 11.6. The molecule has 0 aliphatic heterocycles. The fourth-order valence-corrected chi connectivity index (χ4v) is 2.54. The molecule has 144 valence electrons. The van der Waals surface area contributed by atoms with Crippen LogP contribution in [0.4, 0.5) is 4.39 Å². The Bertz CT molecular complexity index is 925. The van der Waals surface area contributed by atoms with Crippen LogP contribution in [0.1, 0.15) is 5.56 Å². The number of halogens is 1. The molecule has 2 N–H and O–H groups in total. The number of sulfonamides is 1. The van der Waals surface area contributed by atoms with Crippen molar-refractivity contribution in [3.05, 3.63) is 59.9 Å². The summed E-state index contributed by atoms with van der Waals surface area (Å²) in [6, 6.07) is 9.80. The first-order chi connectivity index (χ1) is 12.8. The summed E-state index contributed by atoms with van der Waals surface area (Å²) in [5.74, 6) is -0.624. The lowest BCUT2D eigenvalue weighted by Gasteiger charge is -2.07. The molecule has 0 aliphatic carbocycles. The van der Waals surface area contributed by atoms with E-state index < -0.39 is 21.8 Å². The highest BCUT2D eigenvalue weighted by Gasteiger charge is 2.07. The molecule has 0 spiro atoms. The van der Waals surface area contributed by atoms with Crippen LogP contribution in [0, 0.1) is 5.82 Å². The second kappa shape index (κ2) is 9.15. The van der Waals surface area contributed by atoms with Crippen LogP contribution in [0.2, 0.25) is 0 Å². The van der Waals surface area contributed by atoms with E-state index in [0.717, 1.165) is 0 Å². The summed E-state index contributed by atoms with van der Waals surface area (Å²) in [5, 5.41) is 5.00. The SMILES string of the molecule is COc1ccc(/C=C/C(=O)OCCOc2ccc(S(N)(=O)=O)cc2)cc1F. The highest BCUT2D eigenvalue weighted by Crippen LogP contribution is 2.18. The smallest absolute Gasteiger partial charge is 0.330 e. The maximum Gasteiger partial charge on any atom is 0.330 e. The lowest BCUT2D eigenvalue weighted by molar-refractivity contribution is -0.138. The third-order valence-corrected chi connectivity index (χ3v) is 4.27. The Morgan fingerprint density at radius 2 is 1.85 bits per heavy atom. The molecule has 0 bridgehead atoms. The second-order valence-electron chi connectivity index (χ2n) is 5.26. The summed E-state index contributed by atoms with van der Waals surface area (Å²) in [6.45, 7) is 0.0581. The number of esters is 1.